The highest BCUT2D eigenvalue weighted by atomic mass is 32.2. The van der Waals surface area contributed by atoms with Crippen molar-refractivity contribution in [3.63, 3.8) is 0 Å². The normalized spacial score (nSPS) is 21.1. The molecular formula is C10H22N2O2S. The summed E-state index contributed by atoms with van der Waals surface area (Å²) in [6, 6.07) is 0. The minimum atomic E-state index is -2.87. The first kappa shape index (κ1) is 12.9. The standard InChI is InChI=1S/C10H22N2O2S/c1-10(2)15(13,14)9-8-12-6-4-11(3)5-7-12/h10H,4-9H2,1-3H3. The molecule has 0 saturated carbocycles. The van der Waals surface area contributed by atoms with Gasteiger partial charge in [-0.1, -0.05) is 0 Å². The SMILES string of the molecule is CC(C)S(=O)(=O)CCN1CCN(C)CC1. The quantitative estimate of drug-likeness (QED) is 0.689. The second kappa shape index (κ2) is 5.27. The van der Waals surface area contributed by atoms with Crippen LogP contribution in [-0.4, -0.2) is 69.0 Å². The molecule has 0 amide bonds. The van der Waals surface area contributed by atoms with Gasteiger partial charge in [0, 0.05) is 32.7 Å². The van der Waals surface area contributed by atoms with Crippen LogP contribution >= 0.6 is 0 Å². The number of piperazine rings is 1. The molecule has 1 rings (SSSR count). The zero-order chi connectivity index (χ0) is 11.5. The van der Waals surface area contributed by atoms with Gasteiger partial charge in [-0.25, -0.2) is 8.42 Å². The molecule has 0 atom stereocenters. The smallest absolute Gasteiger partial charge is 0.153 e. The molecule has 1 fully saturated rings. The first-order valence-corrected chi connectivity index (χ1v) is 7.26. The summed E-state index contributed by atoms with van der Waals surface area (Å²) in [5, 5.41) is -0.245. The van der Waals surface area contributed by atoms with E-state index in [1.807, 2.05) is 0 Å². The Morgan fingerprint density at radius 1 is 1.13 bits per heavy atom. The van der Waals surface area contributed by atoms with Crippen LogP contribution in [0.5, 0.6) is 0 Å². The maximum Gasteiger partial charge on any atom is 0.153 e. The molecule has 1 aliphatic heterocycles. The summed E-state index contributed by atoms with van der Waals surface area (Å²) in [7, 11) is -0.767. The molecule has 0 N–H and O–H groups in total. The minimum Gasteiger partial charge on any atom is -0.304 e. The molecule has 0 unspecified atom stereocenters. The van der Waals surface area contributed by atoms with Crippen LogP contribution in [0.3, 0.4) is 0 Å². The van der Waals surface area contributed by atoms with Crippen molar-refractivity contribution in [2.45, 2.75) is 19.1 Å². The number of hydrogen-bond donors (Lipinski definition) is 0. The zero-order valence-electron chi connectivity index (χ0n) is 9.94. The zero-order valence-corrected chi connectivity index (χ0v) is 10.8. The summed E-state index contributed by atoms with van der Waals surface area (Å²) in [4.78, 5) is 4.51. The van der Waals surface area contributed by atoms with E-state index in [1.54, 1.807) is 13.8 Å². The van der Waals surface area contributed by atoms with E-state index in [2.05, 4.69) is 16.8 Å². The Morgan fingerprint density at radius 3 is 2.13 bits per heavy atom. The fourth-order valence-electron chi connectivity index (χ4n) is 1.56. The minimum absolute atomic E-state index is 0.245. The molecule has 0 aromatic heterocycles. The third-order valence-electron chi connectivity index (χ3n) is 3.01. The van der Waals surface area contributed by atoms with Gasteiger partial charge in [0.25, 0.3) is 0 Å². The van der Waals surface area contributed by atoms with E-state index in [0.29, 0.717) is 12.3 Å². The highest BCUT2D eigenvalue weighted by Gasteiger charge is 2.19. The molecule has 0 radical (unpaired) electrons. The summed E-state index contributed by atoms with van der Waals surface area (Å²) in [6.07, 6.45) is 0. The van der Waals surface area contributed by atoms with Crippen LogP contribution in [0.2, 0.25) is 0 Å². The number of rotatable bonds is 4. The van der Waals surface area contributed by atoms with E-state index < -0.39 is 9.84 Å². The van der Waals surface area contributed by atoms with Crippen LogP contribution in [0.15, 0.2) is 0 Å². The maximum atomic E-state index is 11.6. The van der Waals surface area contributed by atoms with E-state index in [4.69, 9.17) is 0 Å². The van der Waals surface area contributed by atoms with Gasteiger partial charge in [-0.15, -0.1) is 0 Å². The van der Waals surface area contributed by atoms with E-state index in [0.717, 1.165) is 26.2 Å². The maximum absolute atomic E-state index is 11.6. The van der Waals surface area contributed by atoms with Crippen LogP contribution in [-0.2, 0) is 9.84 Å². The first-order chi connectivity index (χ1) is 6.92. The largest absolute Gasteiger partial charge is 0.304 e. The highest BCUT2D eigenvalue weighted by Crippen LogP contribution is 2.04. The Kier molecular flexibility index (Phi) is 4.55. The molecule has 1 saturated heterocycles. The molecule has 0 aromatic rings. The molecule has 90 valence electrons. The van der Waals surface area contributed by atoms with Gasteiger partial charge in [-0.05, 0) is 20.9 Å². The van der Waals surface area contributed by atoms with Crippen molar-refractivity contribution in [1.29, 1.82) is 0 Å². The topological polar surface area (TPSA) is 40.6 Å². The third kappa shape index (κ3) is 4.09. The molecule has 4 nitrogen and oxygen atoms in total. The Bertz CT molecular complexity index is 280. The average Bonchev–Trinajstić information content (AvgIpc) is 2.17. The van der Waals surface area contributed by atoms with Crippen molar-refractivity contribution < 1.29 is 8.42 Å². The molecule has 0 aromatic carbocycles. The van der Waals surface area contributed by atoms with Crippen LogP contribution in [0, 0.1) is 0 Å². The Labute approximate surface area is 93.2 Å². The molecule has 1 aliphatic rings. The molecule has 5 heteroatoms. The fraction of sp³-hybridized carbons (Fsp3) is 1.00. The fourth-order valence-corrected chi connectivity index (χ4v) is 2.55. The van der Waals surface area contributed by atoms with E-state index >= 15 is 0 Å². The van der Waals surface area contributed by atoms with Crippen molar-refractivity contribution in [2.75, 3.05) is 45.5 Å². The van der Waals surface area contributed by atoms with Crippen LogP contribution in [0.4, 0.5) is 0 Å². The second-order valence-corrected chi connectivity index (χ2v) is 7.24. The average molecular weight is 234 g/mol. The van der Waals surface area contributed by atoms with E-state index in [-0.39, 0.29) is 5.25 Å². The summed E-state index contributed by atoms with van der Waals surface area (Å²) >= 11 is 0. The monoisotopic (exact) mass is 234 g/mol. The highest BCUT2D eigenvalue weighted by molar-refractivity contribution is 7.92. The molecular weight excluding hydrogens is 212 g/mol. The van der Waals surface area contributed by atoms with Crippen molar-refractivity contribution in [2.24, 2.45) is 0 Å². The van der Waals surface area contributed by atoms with Crippen molar-refractivity contribution in [3.05, 3.63) is 0 Å². The Balaban J connectivity index is 2.32. The number of hydrogen-bond acceptors (Lipinski definition) is 4. The van der Waals surface area contributed by atoms with Crippen LogP contribution in [0.1, 0.15) is 13.8 Å². The van der Waals surface area contributed by atoms with Crippen molar-refractivity contribution in [1.82, 2.24) is 9.80 Å². The first-order valence-electron chi connectivity index (χ1n) is 5.54. The second-order valence-electron chi connectivity index (χ2n) is 4.56. The summed E-state index contributed by atoms with van der Waals surface area (Å²) in [6.45, 7) is 8.25. The van der Waals surface area contributed by atoms with Crippen molar-refractivity contribution in [3.8, 4) is 0 Å². The summed E-state index contributed by atoms with van der Waals surface area (Å²) in [5.74, 6) is 0.300. The summed E-state index contributed by atoms with van der Waals surface area (Å²) < 4.78 is 23.2. The lowest BCUT2D eigenvalue weighted by Gasteiger charge is -2.32. The lowest BCUT2D eigenvalue weighted by molar-refractivity contribution is 0.161. The van der Waals surface area contributed by atoms with Gasteiger partial charge in [0.05, 0.1) is 11.0 Å². The molecule has 15 heavy (non-hydrogen) atoms. The number of nitrogens with zero attached hydrogens (tertiary/aromatic N) is 2. The Morgan fingerprint density at radius 2 is 1.67 bits per heavy atom. The van der Waals surface area contributed by atoms with Crippen LogP contribution < -0.4 is 0 Å². The third-order valence-corrected chi connectivity index (χ3v) is 5.19. The number of likely N-dealkylation sites (N-methyl/N-ethyl adjacent to an activating group) is 1. The van der Waals surface area contributed by atoms with Gasteiger partial charge in [0.1, 0.15) is 0 Å². The van der Waals surface area contributed by atoms with E-state index in [9.17, 15) is 8.42 Å². The number of sulfone groups is 1. The van der Waals surface area contributed by atoms with E-state index in [1.165, 1.54) is 0 Å². The molecule has 1 heterocycles. The molecule has 0 spiro atoms. The van der Waals surface area contributed by atoms with Crippen molar-refractivity contribution >= 4 is 9.84 Å². The van der Waals surface area contributed by atoms with Gasteiger partial charge >= 0.3 is 0 Å². The van der Waals surface area contributed by atoms with Gasteiger partial charge in [0.2, 0.25) is 0 Å². The van der Waals surface area contributed by atoms with Gasteiger partial charge in [0.15, 0.2) is 9.84 Å². The summed E-state index contributed by atoms with van der Waals surface area (Å²) in [5.41, 5.74) is 0. The van der Waals surface area contributed by atoms with Gasteiger partial charge in [-0.2, -0.15) is 0 Å². The predicted molar refractivity (Wildman–Crippen MR) is 62.9 cm³/mol. The Hall–Kier alpha value is -0.130. The van der Waals surface area contributed by atoms with Gasteiger partial charge in [-0.3, -0.25) is 4.90 Å². The lowest BCUT2D eigenvalue weighted by atomic mass is 10.3. The molecule has 0 aliphatic carbocycles. The molecule has 0 bridgehead atoms. The predicted octanol–water partition coefficient (Wildman–Crippen LogP) is 0.0570. The van der Waals surface area contributed by atoms with Crippen LogP contribution in [0.25, 0.3) is 0 Å². The van der Waals surface area contributed by atoms with Gasteiger partial charge < -0.3 is 4.90 Å². The lowest BCUT2D eigenvalue weighted by Crippen LogP contribution is -2.46.